The van der Waals surface area contributed by atoms with Gasteiger partial charge in [-0.05, 0) is 45.6 Å². The van der Waals surface area contributed by atoms with Crippen LogP contribution < -0.4 is 4.74 Å². The van der Waals surface area contributed by atoms with E-state index in [1.54, 1.807) is 0 Å². The molecule has 0 saturated carbocycles. The van der Waals surface area contributed by atoms with Gasteiger partial charge in [0.25, 0.3) is 6.43 Å². The predicted molar refractivity (Wildman–Crippen MR) is 89.9 cm³/mol. The lowest BCUT2D eigenvalue weighted by molar-refractivity contribution is -0.0168. The molecule has 7 heteroatoms. The van der Waals surface area contributed by atoms with Crippen LogP contribution in [-0.4, -0.2) is 52.3 Å². The van der Waals surface area contributed by atoms with Crippen LogP contribution in [0.2, 0.25) is 0 Å². The quantitative estimate of drug-likeness (QED) is 0.713. The van der Waals surface area contributed by atoms with Crippen molar-refractivity contribution in [2.45, 2.75) is 70.1 Å². The number of alkyl halides is 2. The van der Waals surface area contributed by atoms with Gasteiger partial charge in [-0.3, -0.25) is 4.90 Å². The van der Waals surface area contributed by atoms with Gasteiger partial charge >= 0.3 is 0 Å². The van der Waals surface area contributed by atoms with Crippen LogP contribution in [0.5, 0.6) is 5.88 Å². The topological polar surface area (TPSA) is 47.5 Å². The van der Waals surface area contributed by atoms with Crippen LogP contribution in [-0.2, 0) is 4.74 Å². The number of hydrogen-bond acceptors (Lipinski definition) is 5. The predicted octanol–water partition coefficient (Wildman–Crippen LogP) is 3.61. The fourth-order valence-electron chi connectivity index (χ4n) is 3.98. The van der Waals surface area contributed by atoms with Crippen molar-refractivity contribution < 1.29 is 18.3 Å². The van der Waals surface area contributed by atoms with E-state index in [-0.39, 0.29) is 29.3 Å². The van der Waals surface area contributed by atoms with Crippen molar-refractivity contribution in [2.75, 3.05) is 19.8 Å². The van der Waals surface area contributed by atoms with Crippen molar-refractivity contribution in [3.63, 3.8) is 0 Å². The zero-order valence-electron chi connectivity index (χ0n) is 15.0. The molecular formula is C18H27F2N3O2. The van der Waals surface area contributed by atoms with E-state index >= 15 is 0 Å². The molecule has 3 unspecified atom stereocenters. The Kier molecular flexibility index (Phi) is 5.84. The van der Waals surface area contributed by atoms with Gasteiger partial charge in [-0.25, -0.2) is 18.7 Å². The Morgan fingerprint density at radius 3 is 2.88 bits per heavy atom. The Morgan fingerprint density at radius 1 is 1.32 bits per heavy atom. The zero-order chi connectivity index (χ0) is 17.9. The molecule has 0 aromatic carbocycles. The first-order valence-electron chi connectivity index (χ1n) is 9.16. The average Bonchev–Trinajstić information content (AvgIpc) is 3.17. The maximum atomic E-state index is 13.0. The monoisotopic (exact) mass is 355 g/mol. The van der Waals surface area contributed by atoms with E-state index in [9.17, 15) is 8.78 Å². The van der Waals surface area contributed by atoms with E-state index in [1.165, 1.54) is 12.4 Å². The van der Waals surface area contributed by atoms with Gasteiger partial charge in [0.15, 0.2) is 5.69 Å². The summed E-state index contributed by atoms with van der Waals surface area (Å²) in [5.74, 6) is -0.0509. The number of hydrogen-bond donors (Lipinski definition) is 0. The Morgan fingerprint density at radius 2 is 2.12 bits per heavy atom. The van der Waals surface area contributed by atoms with E-state index in [2.05, 4.69) is 28.7 Å². The smallest absolute Gasteiger partial charge is 0.285 e. The van der Waals surface area contributed by atoms with Gasteiger partial charge in [-0.1, -0.05) is 6.92 Å². The highest BCUT2D eigenvalue weighted by Crippen LogP contribution is 2.43. The average molecular weight is 355 g/mol. The highest BCUT2D eigenvalue weighted by molar-refractivity contribution is 5.18. The molecule has 2 aliphatic heterocycles. The van der Waals surface area contributed by atoms with Gasteiger partial charge in [-0.2, -0.15) is 0 Å². The summed E-state index contributed by atoms with van der Waals surface area (Å²) in [4.78, 5) is 10.1. The third-order valence-corrected chi connectivity index (χ3v) is 5.56. The van der Waals surface area contributed by atoms with E-state index < -0.39 is 6.43 Å². The Hall–Kier alpha value is -1.34. The van der Waals surface area contributed by atoms with Crippen molar-refractivity contribution in [3.8, 4) is 5.88 Å². The molecule has 0 radical (unpaired) electrons. The molecule has 0 spiro atoms. The fraction of sp³-hybridized carbons (Fsp3) is 0.778. The first kappa shape index (κ1) is 18.5. The molecule has 3 atom stereocenters. The van der Waals surface area contributed by atoms with Crippen molar-refractivity contribution >= 4 is 0 Å². The summed E-state index contributed by atoms with van der Waals surface area (Å²) < 4.78 is 37.7. The largest absolute Gasteiger partial charge is 0.475 e. The number of fused-ring (bicyclic) bond motifs is 1. The maximum absolute atomic E-state index is 13.0. The first-order valence-corrected chi connectivity index (χ1v) is 9.16. The van der Waals surface area contributed by atoms with Crippen molar-refractivity contribution in [1.82, 2.24) is 14.9 Å². The van der Waals surface area contributed by atoms with Crippen LogP contribution >= 0.6 is 0 Å². The van der Waals surface area contributed by atoms with Crippen LogP contribution in [0, 0.1) is 0 Å². The molecule has 3 heterocycles. The summed E-state index contributed by atoms with van der Waals surface area (Å²) in [5, 5.41) is 0. The van der Waals surface area contributed by atoms with Crippen LogP contribution in [0.15, 0.2) is 12.4 Å². The minimum atomic E-state index is -2.68. The SMILES string of the molecule is CCC(C)OCC12CCCN1C(COc1nccnc1C(F)F)CC2. The van der Waals surface area contributed by atoms with Crippen LogP contribution in [0.25, 0.3) is 0 Å². The lowest BCUT2D eigenvalue weighted by atomic mass is 9.95. The molecule has 2 fully saturated rings. The van der Waals surface area contributed by atoms with Crippen LogP contribution in [0.1, 0.15) is 58.1 Å². The van der Waals surface area contributed by atoms with Crippen molar-refractivity contribution in [1.29, 1.82) is 0 Å². The van der Waals surface area contributed by atoms with Crippen LogP contribution in [0.3, 0.4) is 0 Å². The highest BCUT2D eigenvalue weighted by Gasteiger charge is 2.49. The van der Waals surface area contributed by atoms with E-state index in [4.69, 9.17) is 9.47 Å². The minimum Gasteiger partial charge on any atom is -0.475 e. The van der Waals surface area contributed by atoms with Gasteiger partial charge in [-0.15, -0.1) is 0 Å². The third-order valence-electron chi connectivity index (χ3n) is 5.56. The molecule has 0 N–H and O–H groups in total. The second-order valence-corrected chi connectivity index (χ2v) is 7.10. The normalized spacial score (nSPS) is 27.6. The lowest BCUT2D eigenvalue weighted by Crippen LogP contribution is -2.47. The minimum absolute atomic E-state index is 0.0509. The summed E-state index contributed by atoms with van der Waals surface area (Å²) >= 11 is 0. The molecule has 3 rings (SSSR count). The Balaban J connectivity index is 1.61. The molecule has 140 valence electrons. The lowest BCUT2D eigenvalue weighted by Gasteiger charge is -2.35. The second kappa shape index (κ2) is 7.91. The zero-order valence-corrected chi connectivity index (χ0v) is 15.0. The highest BCUT2D eigenvalue weighted by atomic mass is 19.3. The van der Waals surface area contributed by atoms with Gasteiger partial charge in [0.1, 0.15) is 6.61 Å². The molecular weight excluding hydrogens is 328 g/mol. The summed E-state index contributed by atoms with van der Waals surface area (Å²) in [6.45, 7) is 6.35. The van der Waals surface area contributed by atoms with E-state index in [1.807, 2.05) is 0 Å². The van der Waals surface area contributed by atoms with Gasteiger partial charge < -0.3 is 9.47 Å². The molecule has 0 aliphatic carbocycles. The second-order valence-electron chi connectivity index (χ2n) is 7.10. The molecule has 2 saturated heterocycles. The number of rotatable bonds is 8. The fourth-order valence-corrected chi connectivity index (χ4v) is 3.98. The first-order chi connectivity index (χ1) is 12.1. The Labute approximate surface area is 147 Å². The molecule has 0 bridgehead atoms. The van der Waals surface area contributed by atoms with Gasteiger partial charge in [0.05, 0.1) is 12.7 Å². The Bertz CT molecular complexity index is 575. The van der Waals surface area contributed by atoms with Crippen LogP contribution in [0.4, 0.5) is 8.78 Å². The van der Waals surface area contributed by atoms with E-state index in [0.717, 1.165) is 45.3 Å². The number of aromatic nitrogens is 2. The third kappa shape index (κ3) is 3.92. The molecule has 1 aromatic heterocycles. The summed E-state index contributed by atoms with van der Waals surface area (Å²) in [6, 6.07) is 0.218. The summed E-state index contributed by atoms with van der Waals surface area (Å²) in [6.07, 6.45) is 5.58. The molecule has 1 aromatic rings. The molecule has 25 heavy (non-hydrogen) atoms. The molecule has 0 amide bonds. The van der Waals surface area contributed by atoms with Crippen molar-refractivity contribution in [3.05, 3.63) is 18.1 Å². The molecule has 5 nitrogen and oxygen atoms in total. The van der Waals surface area contributed by atoms with Gasteiger partial charge in [0.2, 0.25) is 5.88 Å². The van der Waals surface area contributed by atoms with E-state index in [0.29, 0.717) is 6.61 Å². The number of nitrogens with zero attached hydrogens (tertiary/aromatic N) is 3. The molecule has 2 aliphatic rings. The summed E-state index contributed by atoms with van der Waals surface area (Å²) in [5.41, 5.74) is -0.293. The number of ether oxygens (including phenoxy) is 2. The maximum Gasteiger partial charge on any atom is 0.285 e. The summed E-state index contributed by atoms with van der Waals surface area (Å²) in [7, 11) is 0. The number of halogens is 2. The van der Waals surface area contributed by atoms with Crippen molar-refractivity contribution in [2.24, 2.45) is 0 Å². The standard InChI is InChI=1S/C18H27F2N3O2/c1-3-13(2)25-12-18-6-4-10-23(18)14(5-7-18)11-24-17-15(16(19)20)21-8-9-22-17/h8-9,13-14,16H,3-7,10-12H2,1-2H3. The van der Waals surface area contributed by atoms with Gasteiger partial charge in [0, 0.05) is 24.0 Å².